The summed E-state index contributed by atoms with van der Waals surface area (Å²) in [6.45, 7) is 3.83. The Kier molecular flexibility index (Phi) is 7.02. The van der Waals surface area contributed by atoms with Gasteiger partial charge in [0.1, 0.15) is 16.5 Å². The van der Waals surface area contributed by atoms with Crippen LogP contribution in [0.25, 0.3) is 11.3 Å². The maximum atomic E-state index is 12.9. The molecule has 4 aromatic rings. The molecule has 0 bridgehead atoms. The van der Waals surface area contributed by atoms with Crippen molar-refractivity contribution >= 4 is 38.9 Å². The van der Waals surface area contributed by atoms with Crippen molar-refractivity contribution in [1.29, 1.82) is 0 Å². The molecule has 0 fully saturated rings. The van der Waals surface area contributed by atoms with Crippen LogP contribution in [0.4, 0.5) is 5.69 Å². The lowest BCUT2D eigenvalue weighted by atomic mass is 10.2. The van der Waals surface area contributed by atoms with E-state index in [1.807, 2.05) is 19.9 Å². The van der Waals surface area contributed by atoms with Gasteiger partial charge < -0.3 is 4.74 Å². The second-order valence-electron chi connectivity index (χ2n) is 7.31. The topological polar surface area (TPSA) is 94.1 Å². The highest BCUT2D eigenvalue weighted by molar-refractivity contribution is 7.92. The number of hydrogen-bond acceptors (Lipinski definition) is 6. The molecule has 0 aliphatic carbocycles. The van der Waals surface area contributed by atoms with Crippen molar-refractivity contribution in [3.63, 3.8) is 0 Å². The van der Waals surface area contributed by atoms with E-state index in [2.05, 4.69) is 19.7 Å². The van der Waals surface area contributed by atoms with Gasteiger partial charge in [0.2, 0.25) is 5.88 Å². The molecule has 1 N–H and O–H groups in total. The molecule has 2 heterocycles. The molecule has 0 amide bonds. The van der Waals surface area contributed by atoms with E-state index in [9.17, 15) is 8.42 Å². The van der Waals surface area contributed by atoms with Crippen LogP contribution in [0, 0.1) is 6.92 Å². The van der Waals surface area contributed by atoms with E-state index in [4.69, 9.17) is 27.9 Å². The minimum atomic E-state index is -3.98. The smallest absolute Gasteiger partial charge is 0.263 e. The number of nitrogens with one attached hydrogen (secondary N) is 1. The summed E-state index contributed by atoms with van der Waals surface area (Å²) in [5, 5.41) is 0.103. The van der Waals surface area contributed by atoms with Crippen molar-refractivity contribution in [2.45, 2.75) is 25.2 Å². The molecule has 34 heavy (non-hydrogen) atoms. The van der Waals surface area contributed by atoms with Crippen LogP contribution in [0.5, 0.6) is 11.6 Å². The number of anilines is 1. The Balaban J connectivity index is 1.66. The highest BCUT2D eigenvalue weighted by Crippen LogP contribution is 2.34. The van der Waals surface area contributed by atoms with Gasteiger partial charge in [-0.3, -0.25) is 4.72 Å². The molecule has 0 atom stereocenters. The van der Waals surface area contributed by atoms with Gasteiger partial charge in [0.15, 0.2) is 0 Å². The van der Waals surface area contributed by atoms with Gasteiger partial charge in [-0.15, -0.1) is 0 Å². The zero-order valence-corrected chi connectivity index (χ0v) is 20.6. The molecule has 0 saturated carbocycles. The third-order valence-electron chi connectivity index (χ3n) is 4.92. The van der Waals surface area contributed by atoms with Gasteiger partial charge in [-0.2, -0.15) is 0 Å². The molecule has 0 spiro atoms. The Bertz CT molecular complexity index is 1460. The highest BCUT2D eigenvalue weighted by Gasteiger charge is 2.20. The van der Waals surface area contributed by atoms with Gasteiger partial charge >= 0.3 is 0 Å². The van der Waals surface area contributed by atoms with E-state index in [1.165, 1.54) is 18.2 Å². The normalized spacial score (nSPS) is 11.3. The second-order valence-corrected chi connectivity index (χ2v) is 9.74. The van der Waals surface area contributed by atoms with Crippen molar-refractivity contribution in [3.05, 3.63) is 88.4 Å². The SMILES string of the molecule is CCc1nccc(-c2cccnc2Oc2cc(NS(=O)(=O)c3cccc(Cl)c3Cl)ccc2C)n1. The minimum absolute atomic E-state index is 0.0466. The summed E-state index contributed by atoms with van der Waals surface area (Å²) < 4.78 is 34.5. The lowest BCUT2D eigenvalue weighted by Crippen LogP contribution is -2.13. The quantitative estimate of drug-likeness (QED) is 0.310. The number of hydrogen-bond donors (Lipinski definition) is 1. The van der Waals surface area contributed by atoms with E-state index >= 15 is 0 Å². The van der Waals surface area contributed by atoms with Crippen LogP contribution in [-0.4, -0.2) is 23.4 Å². The van der Waals surface area contributed by atoms with E-state index in [-0.39, 0.29) is 14.9 Å². The first-order chi connectivity index (χ1) is 16.3. The van der Waals surface area contributed by atoms with Gasteiger partial charge in [0.05, 0.1) is 27.0 Å². The molecule has 174 valence electrons. The lowest BCUT2D eigenvalue weighted by molar-refractivity contribution is 0.461. The second kappa shape index (κ2) is 9.97. The number of halogens is 2. The molecule has 4 rings (SSSR count). The fourth-order valence-electron chi connectivity index (χ4n) is 3.17. The average Bonchev–Trinajstić information content (AvgIpc) is 2.83. The van der Waals surface area contributed by atoms with Crippen molar-refractivity contribution in [2.24, 2.45) is 0 Å². The summed E-state index contributed by atoms with van der Waals surface area (Å²) in [5.41, 5.74) is 2.46. The molecular formula is C24H20Cl2N4O3S. The standard InChI is InChI=1S/C24H20Cl2N4O3S/c1-3-22-27-13-11-19(29-22)17-6-5-12-28-24(17)33-20-14-16(10-9-15(20)2)30-34(31,32)21-8-4-7-18(25)23(21)26/h4-14,30H,3H2,1-2H3. The zero-order valence-electron chi connectivity index (χ0n) is 18.3. The first-order valence-electron chi connectivity index (χ1n) is 10.3. The van der Waals surface area contributed by atoms with Crippen molar-refractivity contribution < 1.29 is 13.2 Å². The largest absolute Gasteiger partial charge is 0.438 e. The number of pyridine rings is 1. The highest BCUT2D eigenvalue weighted by atomic mass is 35.5. The van der Waals surface area contributed by atoms with E-state index in [0.29, 0.717) is 40.8 Å². The van der Waals surface area contributed by atoms with Crippen LogP contribution >= 0.6 is 23.2 Å². The number of rotatable bonds is 7. The van der Waals surface area contributed by atoms with Gasteiger partial charge in [0, 0.05) is 24.9 Å². The predicted molar refractivity (Wildman–Crippen MR) is 133 cm³/mol. The average molecular weight is 515 g/mol. The van der Waals surface area contributed by atoms with Crippen molar-refractivity contribution in [1.82, 2.24) is 15.0 Å². The summed E-state index contributed by atoms with van der Waals surface area (Å²) in [6.07, 6.45) is 4.01. The number of aromatic nitrogens is 3. The Morgan fingerprint density at radius 1 is 1.00 bits per heavy atom. The maximum Gasteiger partial charge on any atom is 0.263 e. The molecule has 0 radical (unpaired) electrons. The third-order valence-corrected chi connectivity index (χ3v) is 7.28. The Hall–Kier alpha value is -3.20. The summed E-state index contributed by atoms with van der Waals surface area (Å²) in [5.74, 6) is 1.48. The molecule has 0 unspecified atom stereocenters. The van der Waals surface area contributed by atoms with E-state index in [1.54, 1.807) is 42.7 Å². The molecule has 0 aliphatic rings. The Morgan fingerprint density at radius 3 is 2.62 bits per heavy atom. The first-order valence-corrected chi connectivity index (χ1v) is 12.5. The van der Waals surface area contributed by atoms with Crippen LogP contribution < -0.4 is 9.46 Å². The summed E-state index contributed by atoms with van der Waals surface area (Å²) in [7, 11) is -3.98. The van der Waals surface area contributed by atoms with Crippen molar-refractivity contribution in [3.8, 4) is 22.9 Å². The molecule has 0 saturated heterocycles. The molecule has 10 heteroatoms. The van der Waals surface area contributed by atoms with Gasteiger partial charge in [-0.05, 0) is 48.9 Å². The Labute approximate surface area is 207 Å². The monoisotopic (exact) mass is 514 g/mol. The number of benzene rings is 2. The summed E-state index contributed by atoms with van der Waals surface area (Å²) in [4.78, 5) is 13.0. The Morgan fingerprint density at radius 2 is 1.82 bits per heavy atom. The summed E-state index contributed by atoms with van der Waals surface area (Å²) in [6, 6.07) is 14.8. The zero-order chi connectivity index (χ0) is 24.3. The van der Waals surface area contributed by atoms with Crippen LogP contribution in [0.15, 0.2) is 71.9 Å². The molecule has 2 aromatic carbocycles. The fraction of sp³-hybridized carbons (Fsp3) is 0.125. The van der Waals surface area contributed by atoms with Gasteiger partial charge in [-0.25, -0.2) is 23.4 Å². The molecule has 7 nitrogen and oxygen atoms in total. The minimum Gasteiger partial charge on any atom is -0.438 e. The first kappa shape index (κ1) is 23.9. The fourth-order valence-corrected chi connectivity index (χ4v) is 4.98. The van der Waals surface area contributed by atoms with Crippen LogP contribution in [-0.2, 0) is 16.4 Å². The summed E-state index contributed by atoms with van der Waals surface area (Å²) >= 11 is 12.1. The number of aryl methyl sites for hydroxylation is 2. The van der Waals surface area contributed by atoms with Crippen LogP contribution in [0.1, 0.15) is 18.3 Å². The molecular weight excluding hydrogens is 495 g/mol. The van der Waals surface area contributed by atoms with Crippen molar-refractivity contribution in [2.75, 3.05) is 4.72 Å². The van der Waals surface area contributed by atoms with Gasteiger partial charge in [0.25, 0.3) is 10.0 Å². The molecule has 0 aliphatic heterocycles. The maximum absolute atomic E-state index is 12.9. The third kappa shape index (κ3) is 5.14. The van der Waals surface area contributed by atoms with E-state index in [0.717, 1.165) is 5.56 Å². The number of sulfonamides is 1. The van der Waals surface area contributed by atoms with Crippen LogP contribution in [0.3, 0.4) is 0 Å². The number of ether oxygens (including phenoxy) is 1. The van der Waals surface area contributed by atoms with Crippen LogP contribution in [0.2, 0.25) is 10.0 Å². The molecule has 2 aromatic heterocycles. The van der Waals surface area contributed by atoms with E-state index < -0.39 is 10.0 Å². The predicted octanol–water partition coefficient (Wildman–Crippen LogP) is 6.31. The number of nitrogens with zero attached hydrogens (tertiary/aromatic N) is 3. The lowest BCUT2D eigenvalue weighted by Gasteiger charge is -2.14. The van der Waals surface area contributed by atoms with Gasteiger partial charge in [-0.1, -0.05) is 42.3 Å².